The second-order valence-electron chi connectivity index (χ2n) is 5.00. The predicted molar refractivity (Wildman–Crippen MR) is 69.3 cm³/mol. The number of aliphatic carboxylic acids is 1. The van der Waals surface area contributed by atoms with Crippen LogP contribution in [0, 0.1) is 11.6 Å². The van der Waals surface area contributed by atoms with Crippen molar-refractivity contribution < 1.29 is 28.6 Å². The molecule has 0 atom stereocenters. The van der Waals surface area contributed by atoms with Crippen LogP contribution >= 0.6 is 0 Å². The Morgan fingerprint density at radius 2 is 1.82 bits per heavy atom. The Kier molecular flexibility index (Phi) is 3.65. The number of nitrogens with zero attached hydrogens (tertiary/aromatic N) is 3. The average Bonchev–Trinajstić information content (AvgIpc) is 2.87. The van der Waals surface area contributed by atoms with Crippen molar-refractivity contribution in [3.05, 3.63) is 35.5 Å². The van der Waals surface area contributed by atoms with E-state index < -0.39 is 34.8 Å². The fourth-order valence-corrected chi connectivity index (χ4v) is 1.81. The number of carboxylic acids is 2. The van der Waals surface area contributed by atoms with Gasteiger partial charge in [-0.2, -0.15) is 0 Å². The van der Waals surface area contributed by atoms with E-state index in [9.17, 15) is 23.5 Å². The van der Waals surface area contributed by atoms with E-state index in [1.54, 1.807) is 0 Å². The van der Waals surface area contributed by atoms with Crippen molar-refractivity contribution in [1.82, 2.24) is 15.0 Å². The molecule has 0 saturated heterocycles. The summed E-state index contributed by atoms with van der Waals surface area (Å²) in [5.41, 5.74) is -2.46. The second kappa shape index (κ2) is 5.17. The predicted octanol–water partition coefficient (Wildman–Crippen LogP) is 1.74. The number of aromatic carboxylic acids is 1. The van der Waals surface area contributed by atoms with Crippen molar-refractivity contribution in [2.75, 3.05) is 0 Å². The van der Waals surface area contributed by atoms with Crippen LogP contribution in [0.1, 0.15) is 24.3 Å². The summed E-state index contributed by atoms with van der Waals surface area (Å²) in [5, 5.41) is 25.4. The summed E-state index contributed by atoms with van der Waals surface area (Å²) in [6, 6.07) is 2.69. The van der Waals surface area contributed by atoms with Crippen LogP contribution in [0.2, 0.25) is 0 Å². The lowest BCUT2D eigenvalue weighted by Crippen LogP contribution is -2.37. The van der Waals surface area contributed by atoms with E-state index >= 15 is 0 Å². The third kappa shape index (κ3) is 2.41. The first-order valence-corrected chi connectivity index (χ1v) is 6.04. The lowest BCUT2D eigenvalue weighted by atomic mass is 10.0. The van der Waals surface area contributed by atoms with Crippen molar-refractivity contribution in [3.8, 4) is 11.3 Å². The molecule has 1 aromatic carbocycles. The van der Waals surface area contributed by atoms with Crippen LogP contribution in [-0.4, -0.2) is 37.1 Å². The molecule has 0 saturated carbocycles. The summed E-state index contributed by atoms with van der Waals surface area (Å²) >= 11 is 0. The van der Waals surface area contributed by atoms with E-state index in [0.717, 1.165) is 22.9 Å². The molecular formula is C13H11F2N3O4. The highest BCUT2D eigenvalue weighted by atomic mass is 19.2. The van der Waals surface area contributed by atoms with Gasteiger partial charge in [-0.3, -0.25) is 0 Å². The van der Waals surface area contributed by atoms with Crippen molar-refractivity contribution in [2.24, 2.45) is 0 Å². The van der Waals surface area contributed by atoms with Gasteiger partial charge in [-0.05, 0) is 32.0 Å². The molecule has 0 unspecified atom stereocenters. The summed E-state index contributed by atoms with van der Waals surface area (Å²) in [7, 11) is 0. The zero-order chi connectivity index (χ0) is 16.7. The molecule has 2 rings (SSSR count). The standard InChI is InChI=1S/C13H11F2N3O4/c1-13(2,12(21)22)18-10(9(11(19)20)16-17-18)6-3-4-7(14)8(15)5-6/h3-5H,1-2H3,(H,19,20)(H,21,22). The molecule has 7 nitrogen and oxygen atoms in total. The Hall–Kier alpha value is -2.84. The number of hydrogen-bond acceptors (Lipinski definition) is 4. The molecule has 0 aliphatic heterocycles. The molecule has 0 radical (unpaired) electrons. The molecule has 0 aliphatic rings. The second-order valence-corrected chi connectivity index (χ2v) is 5.00. The van der Waals surface area contributed by atoms with Crippen molar-refractivity contribution >= 4 is 11.9 Å². The average molecular weight is 311 g/mol. The van der Waals surface area contributed by atoms with Crippen LogP contribution in [0.3, 0.4) is 0 Å². The van der Waals surface area contributed by atoms with Crippen LogP contribution in [0.5, 0.6) is 0 Å². The molecule has 116 valence electrons. The molecule has 0 aliphatic carbocycles. The van der Waals surface area contributed by atoms with Gasteiger partial charge in [0.05, 0.1) is 0 Å². The van der Waals surface area contributed by atoms with E-state index in [2.05, 4.69) is 10.3 Å². The Balaban J connectivity index is 2.76. The van der Waals surface area contributed by atoms with Gasteiger partial charge in [0.2, 0.25) is 0 Å². The van der Waals surface area contributed by atoms with E-state index in [1.807, 2.05) is 0 Å². The Bertz CT molecular complexity index is 771. The molecular weight excluding hydrogens is 300 g/mol. The van der Waals surface area contributed by atoms with Crippen LogP contribution in [0.25, 0.3) is 11.3 Å². The van der Waals surface area contributed by atoms with Crippen molar-refractivity contribution in [3.63, 3.8) is 0 Å². The number of rotatable bonds is 4. The summed E-state index contributed by atoms with van der Waals surface area (Å²) in [6.07, 6.45) is 0. The first-order valence-electron chi connectivity index (χ1n) is 6.04. The summed E-state index contributed by atoms with van der Waals surface area (Å²) in [6.45, 7) is 2.55. The van der Waals surface area contributed by atoms with E-state index in [1.165, 1.54) is 13.8 Å². The molecule has 0 amide bonds. The highest BCUT2D eigenvalue weighted by Gasteiger charge is 2.36. The maximum atomic E-state index is 13.4. The Morgan fingerprint density at radius 1 is 1.18 bits per heavy atom. The number of carboxylic acid groups (broad SMARTS) is 2. The number of carbonyl (C=O) groups is 2. The molecule has 0 spiro atoms. The highest BCUT2D eigenvalue weighted by molar-refractivity contribution is 5.93. The summed E-state index contributed by atoms with van der Waals surface area (Å²) < 4.78 is 27.3. The lowest BCUT2D eigenvalue weighted by Gasteiger charge is -2.21. The van der Waals surface area contributed by atoms with Gasteiger partial charge in [0, 0.05) is 5.56 Å². The topological polar surface area (TPSA) is 105 Å². The zero-order valence-electron chi connectivity index (χ0n) is 11.5. The van der Waals surface area contributed by atoms with Gasteiger partial charge in [-0.1, -0.05) is 5.21 Å². The van der Waals surface area contributed by atoms with Gasteiger partial charge in [0.15, 0.2) is 22.9 Å². The van der Waals surface area contributed by atoms with Crippen LogP contribution in [0.15, 0.2) is 18.2 Å². The third-order valence-electron chi connectivity index (χ3n) is 3.12. The van der Waals surface area contributed by atoms with E-state index in [-0.39, 0.29) is 11.3 Å². The molecule has 9 heteroatoms. The molecule has 2 aromatic rings. The van der Waals surface area contributed by atoms with E-state index in [4.69, 9.17) is 5.11 Å². The van der Waals surface area contributed by atoms with Crippen LogP contribution < -0.4 is 0 Å². The van der Waals surface area contributed by atoms with Crippen LogP contribution in [0.4, 0.5) is 8.78 Å². The van der Waals surface area contributed by atoms with Gasteiger partial charge in [0.1, 0.15) is 5.69 Å². The first kappa shape index (κ1) is 15.5. The Labute approximate surface area is 122 Å². The minimum absolute atomic E-state index is 0.0457. The molecule has 22 heavy (non-hydrogen) atoms. The SMILES string of the molecule is CC(C)(C(=O)O)n1nnc(C(=O)O)c1-c1ccc(F)c(F)c1. The van der Waals surface area contributed by atoms with Crippen molar-refractivity contribution in [1.29, 1.82) is 0 Å². The highest BCUT2D eigenvalue weighted by Crippen LogP contribution is 2.29. The molecule has 2 N–H and O–H groups in total. The number of halogens is 2. The van der Waals surface area contributed by atoms with Gasteiger partial charge >= 0.3 is 11.9 Å². The number of benzene rings is 1. The summed E-state index contributed by atoms with van der Waals surface area (Å²) in [4.78, 5) is 22.6. The van der Waals surface area contributed by atoms with Gasteiger partial charge in [-0.15, -0.1) is 5.10 Å². The van der Waals surface area contributed by atoms with E-state index in [0.29, 0.717) is 0 Å². The van der Waals surface area contributed by atoms with Gasteiger partial charge < -0.3 is 10.2 Å². The molecule has 0 bridgehead atoms. The maximum absolute atomic E-state index is 13.4. The fraction of sp³-hybridized carbons (Fsp3) is 0.231. The quantitative estimate of drug-likeness (QED) is 0.891. The molecule has 1 heterocycles. The van der Waals surface area contributed by atoms with Gasteiger partial charge in [-0.25, -0.2) is 23.1 Å². The first-order chi connectivity index (χ1) is 10.2. The molecule has 1 aromatic heterocycles. The Morgan fingerprint density at radius 3 is 2.32 bits per heavy atom. The normalized spacial score (nSPS) is 11.5. The maximum Gasteiger partial charge on any atom is 0.358 e. The minimum atomic E-state index is -1.64. The number of hydrogen-bond donors (Lipinski definition) is 2. The number of aromatic nitrogens is 3. The van der Waals surface area contributed by atoms with Crippen LogP contribution in [-0.2, 0) is 10.3 Å². The fourth-order valence-electron chi connectivity index (χ4n) is 1.81. The zero-order valence-corrected chi connectivity index (χ0v) is 11.5. The third-order valence-corrected chi connectivity index (χ3v) is 3.12. The largest absolute Gasteiger partial charge is 0.479 e. The smallest absolute Gasteiger partial charge is 0.358 e. The monoisotopic (exact) mass is 311 g/mol. The molecule has 0 fully saturated rings. The summed E-state index contributed by atoms with van der Waals surface area (Å²) in [5.74, 6) is -5.07. The lowest BCUT2D eigenvalue weighted by molar-refractivity contribution is -0.146. The van der Waals surface area contributed by atoms with Crippen molar-refractivity contribution in [2.45, 2.75) is 19.4 Å². The van der Waals surface area contributed by atoms with Gasteiger partial charge in [0.25, 0.3) is 0 Å². The minimum Gasteiger partial charge on any atom is -0.479 e.